The van der Waals surface area contributed by atoms with Gasteiger partial charge in [0.1, 0.15) is 17.6 Å². The van der Waals surface area contributed by atoms with Crippen LogP contribution in [0.5, 0.6) is 5.75 Å². The van der Waals surface area contributed by atoms with Crippen LogP contribution in [0.3, 0.4) is 0 Å². The molecule has 0 amide bonds. The summed E-state index contributed by atoms with van der Waals surface area (Å²) in [5.41, 5.74) is 2.32. The number of nitrogens with one attached hydrogen (secondary N) is 1. The monoisotopic (exact) mass is 353 g/mol. The minimum absolute atomic E-state index is 0.277. The molecular formula is C18H12ClN3O3. The van der Waals surface area contributed by atoms with Gasteiger partial charge in [0, 0.05) is 10.6 Å². The lowest BCUT2D eigenvalue weighted by atomic mass is 10.1. The zero-order valence-electron chi connectivity index (χ0n) is 12.9. The first-order valence-electron chi connectivity index (χ1n) is 7.28. The van der Waals surface area contributed by atoms with Crippen LogP contribution in [0.4, 0.5) is 0 Å². The number of H-pyrrole nitrogens is 1. The molecule has 124 valence electrons. The van der Waals surface area contributed by atoms with Crippen LogP contribution < -0.4 is 4.74 Å². The lowest BCUT2D eigenvalue weighted by Gasteiger charge is -2.08. The summed E-state index contributed by atoms with van der Waals surface area (Å²) in [7, 11) is 0. The number of nitrogens with zero attached hydrogens (tertiary/aromatic N) is 2. The van der Waals surface area contributed by atoms with Gasteiger partial charge in [0.2, 0.25) is 0 Å². The Morgan fingerprint density at radius 1 is 1.36 bits per heavy atom. The van der Waals surface area contributed by atoms with Gasteiger partial charge in [-0.15, -0.1) is 0 Å². The molecule has 3 aromatic rings. The number of aliphatic carboxylic acids is 1. The largest absolute Gasteiger partial charge is 0.481 e. The van der Waals surface area contributed by atoms with Gasteiger partial charge in [-0.05, 0) is 36.4 Å². The Labute approximate surface area is 147 Å². The normalized spacial score (nSPS) is 11.3. The van der Waals surface area contributed by atoms with Crippen LogP contribution >= 0.6 is 11.6 Å². The van der Waals surface area contributed by atoms with Crippen LogP contribution in [-0.2, 0) is 4.79 Å². The molecule has 1 aromatic heterocycles. The number of rotatable bonds is 5. The Hall–Kier alpha value is -3.30. The number of hydrogen-bond donors (Lipinski definition) is 2. The summed E-state index contributed by atoms with van der Waals surface area (Å²) in [6.07, 6.45) is 1.56. The van der Waals surface area contributed by atoms with Crippen molar-refractivity contribution in [3.63, 3.8) is 0 Å². The van der Waals surface area contributed by atoms with E-state index >= 15 is 0 Å². The summed E-state index contributed by atoms with van der Waals surface area (Å²) in [5.74, 6) is -0.369. The molecule has 2 aromatic carbocycles. The minimum atomic E-state index is -1.09. The SMILES string of the molecule is N#C/C(=C\c1cc(Cl)ccc1OCC(=O)O)c1nc2ccccc2[nH]1. The molecule has 0 fully saturated rings. The predicted octanol–water partition coefficient (Wildman–Crippen LogP) is 3.74. The fourth-order valence-corrected chi connectivity index (χ4v) is 2.47. The first-order chi connectivity index (χ1) is 12.1. The number of imidazole rings is 1. The predicted molar refractivity (Wildman–Crippen MR) is 94.2 cm³/mol. The second-order valence-electron chi connectivity index (χ2n) is 5.14. The fraction of sp³-hybridized carbons (Fsp3) is 0.0556. The highest BCUT2D eigenvalue weighted by Gasteiger charge is 2.11. The highest BCUT2D eigenvalue weighted by Crippen LogP contribution is 2.27. The van der Waals surface area contributed by atoms with E-state index in [1.54, 1.807) is 24.3 Å². The number of ether oxygens (including phenoxy) is 1. The molecule has 0 spiro atoms. The highest BCUT2D eigenvalue weighted by atomic mass is 35.5. The van der Waals surface area contributed by atoms with Crippen molar-refractivity contribution in [2.45, 2.75) is 0 Å². The lowest BCUT2D eigenvalue weighted by Crippen LogP contribution is -2.10. The minimum Gasteiger partial charge on any atom is -0.481 e. The Morgan fingerprint density at radius 3 is 2.88 bits per heavy atom. The molecule has 0 aliphatic rings. The number of carboxylic acid groups (broad SMARTS) is 1. The van der Waals surface area contributed by atoms with Crippen molar-refractivity contribution in [1.82, 2.24) is 9.97 Å². The molecule has 7 heteroatoms. The van der Waals surface area contributed by atoms with Crippen molar-refractivity contribution >= 4 is 40.3 Å². The smallest absolute Gasteiger partial charge is 0.341 e. The Kier molecular flexibility index (Phi) is 4.68. The number of fused-ring (bicyclic) bond motifs is 1. The van der Waals surface area contributed by atoms with Gasteiger partial charge in [0.05, 0.1) is 16.6 Å². The third-order valence-corrected chi connectivity index (χ3v) is 3.62. The van der Waals surface area contributed by atoms with E-state index in [9.17, 15) is 10.1 Å². The van der Waals surface area contributed by atoms with Gasteiger partial charge in [0.15, 0.2) is 6.61 Å². The number of halogens is 1. The van der Waals surface area contributed by atoms with Crippen molar-refractivity contribution in [1.29, 1.82) is 5.26 Å². The van der Waals surface area contributed by atoms with Crippen LogP contribution in [0.25, 0.3) is 22.7 Å². The van der Waals surface area contributed by atoms with Crippen LogP contribution in [0.1, 0.15) is 11.4 Å². The zero-order chi connectivity index (χ0) is 17.8. The van der Waals surface area contributed by atoms with Crippen molar-refractivity contribution in [2.24, 2.45) is 0 Å². The highest BCUT2D eigenvalue weighted by molar-refractivity contribution is 6.30. The first kappa shape index (κ1) is 16.6. The van der Waals surface area contributed by atoms with Crippen molar-refractivity contribution in [3.8, 4) is 11.8 Å². The van der Waals surface area contributed by atoms with E-state index in [4.69, 9.17) is 21.4 Å². The third-order valence-electron chi connectivity index (χ3n) is 3.39. The van der Waals surface area contributed by atoms with Crippen molar-refractivity contribution in [2.75, 3.05) is 6.61 Å². The van der Waals surface area contributed by atoms with Crippen molar-refractivity contribution in [3.05, 3.63) is 58.9 Å². The summed E-state index contributed by atoms with van der Waals surface area (Å²) in [5, 5.41) is 18.7. The van der Waals surface area contributed by atoms with Crippen LogP contribution in [0, 0.1) is 11.3 Å². The number of benzene rings is 2. The fourth-order valence-electron chi connectivity index (χ4n) is 2.29. The first-order valence-corrected chi connectivity index (χ1v) is 7.65. The van der Waals surface area contributed by atoms with E-state index in [1.807, 2.05) is 24.3 Å². The van der Waals surface area contributed by atoms with Gasteiger partial charge in [-0.25, -0.2) is 9.78 Å². The molecule has 0 saturated carbocycles. The van der Waals surface area contributed by atoms with E-state index in [1.165, 1.54) is 0 Å². The van der Waals surface area contributed by atoms with Gasteiger partial charge in [0.25, 0.3) is 0 Å². The molecule has 0 atom stereocenters. The number of carboxylic acids is 1. The summed E-state index contributed by atoms with van der Waals surface area (Å²) < 4.78 is 5.25. The molecule has 0 radical (unpaired) electrons. The quantitative estimate of drug-likeness (QED) is 0.680. The van der Waals surface area contributed by atoms with Gasteiger partial charge >= 0.3 is 5.97 Å². The van der Waals surface area contributed by atoms with E-state index in [0.29, 0.717) is 22.2 Å². The summed E-state index contributed by atoms with van der Waals surface area (Å²) in [6.45, 7) is -0.491. The molecule has 0 bridgehead atoms. The van der Waals surface area contributed by atoms with Crippen LogP contribution in [0.15, 0.2) is 42.5 Å². The molecule has 25 heavy (non-hydrogen) atoms. The van der Waals surface area contributed by atoms with E-state index in [2.05, 4.69) is 16.0 Å². The number of nitriles is 1. The molecule has 0 unspecified atom stereocenters. The summed E-state index contributed by atoms with van der Waals surface area (Å²) in [4.78, 5) is 18.2. The van der Waals surface area contributed by atoms with Crippen LogP contribution in [0.2, 0.25) is 5.02 Å². The topological polar surface area (TPSA) is 99.0 Å². The molecule has 0 aliphatic heterocycles. The summed E-state index contributed by atoms with van der Waals surface area (Å²) >= 11 is 6.01. The van der Waals surface area contributed by atoms with E-state index in [-0.39, 0.29) is 5.57 Å². The number of hydrogen-bond acceptors (Lipinski definition) is 4. The second kappa shape index (κ2) is 7.07. The number of carbonyl (C=O) groups is 1. The van der Waals surface area contributed by atoms with Crippen molar-refractivity contribution < 1.29 is 14.6 Å². The Morgan fingerprint density at radius 2 is 2.16 bits per heavy atom. The molecule has 2 N–H and O–H groups in total. The Balaban J connectivity index is 2.03. The summed E-state index contributed by atoms with van der Waals surface area (Å²) in [6, 6.07) is 14.3. The zero-order valence-corrected chi connectivity index (χ0v) is 13.6. The maximum Gasteiger partial charge on any atom is 0.341 e. The third kappa shape index (κ3) is 3.79. The molecular weight excluding hydrogens is 342 g/mol. The average molecular weight is 354 g/mol. The number of para-hydroxylation sites is 2. The lowest BCUT2D eigenvalue weighted by molar-refractivity contribution is -0.139. The maximum atomic E-state index is 10.7. The number of aromatic amines is 1. The number of allylic oxidation sites excluding steroid dienone is 1. The van der Waals surface area contributed by atoms with Gasteiger partial charge < -0.3 is 14.8 Å². The number of aromatic nitrogens is 2. The van der Waals surface area contributed by atoms with E-state index < -0.39 is 12.6 Å². The van der Waals surface area contributed by atoms with E-state index in [0.717, 1.165) is 11.0 Å². The maximum absolute atomic E-state index is 10.7. The Bertz CT molecular complexity index is 985. The van der Waals surface area contributed by atoms with Gasteiger partial charge in [-0.3, -0.25) is 0 Å². The van der Waals surface area contributed by atoms with Crippen LogP contribution in [-0.4, -0.2) is 27.7 Å². The van der Waals surface area contributed by atoms with Gasteiger partial charge in [-0.1, -0.05) is 23.7 Å². The molecule has 6 nitrogen and oxygen atoms in total. The second-order valence-corrected chi connectivity index (χ2v) is 5.57. The molecule has 1 heterocycles. The molecule has 0 aliphatic carbocycles. The standard InChI is InChI=1S/C18H12ClN3O3/c19-13-5-6-16(25-10-17(23)24)11(8-13)7-12(9-20)18-21-14-3-1-2-4-15(14)22-18/h1-8H,10H2,(H,21,22)(H,23,24)/b12-7+. The average Bonchev–Trinajstić information content (AvgIpc) is 3.02. The van der Waals surface area contributed by atoms with Gasteiger partial charge in [-0.2, -0.15) is 5.26 Å². The molecule has 3 rings (SSSR count). The molecule has 0 saturated heterocycles.